The summed E-state index contributed by atoms with van der Waals surface area (Å²) in [6, 6.07) is 1.62. The molecule has 1 aliphatic heterocycles. The summed E-state index contributed by atoms with van der Waals surface area (Å²) < 4.78 is 0. The van der Waals surface area contributed by atoms with Gasteiger partial charge in [0, 0.05) is 6.07 Å². The van der Waals surface area contributed by atoms with E-state index in [0.717, 1.165) is 12.1 Å². The molecule has 3 amide bonds. The molecule has 98 valence electrons. The van der Waals surface area contributed by atoms with Gasteiger partial charge in [-0.05, 0) is 12.1 Å². The standard InChI is InChI=1S/C10H5Cl2N3O4/c11-5-1-4(8(15(18)19)3-6(5)12)2-7-9(16)14-10(17)13-7/h1-3H,(H2,13,14,16,17). The minimum absolute atomic E-state index is 0.0235. The zero-order valence-corrected chi connectivity index (χ0v) is 10.6. The predicted octanol–water partition coefficient (Wildman–Crippen LogP) is 2.08. The van der Waals surface area contributed by atoms with Gasteiger partial charge in [-0.2, -0.15) is 0 Å². The maximum absolute atomic E-state index is 11.3. The highest BCUT2D eigenvalue weighted by Gasteiger charge is 2.25. The molecule has 0 aromatic heterocycles. The number of urea groups is 1. The lowest BCUT2D eigenvalue weighted by atomic mass is 10.1. The maximum atomic E-state index is 11.3. The number of hydrogen-bond acceptors (Lipinski definition) is 4. The van der Waals surface area contributed by atoms with Crippen molar-refractivity contribution in [2.75, 3.05) is 0 Å². The monoisotopic (exact) mass is 301 g/mol. The fourth-order valence-electron chi connectivity index (χ4n) is 1.46. The Morgan fingerprint density at radius 2 is 1.79 bits per heavy atom. The molecule has 19 heavy (non-hydrogen) atoms. The average molecular weight is 302 g/mol. The summed E-state index contributed by atoms with van der Waals surface area (Å²) in [5.41, 5.74) is -0.367. The van der Waals surface area contributed by atoms with E-state index in [4.69, 9.17) is 23.2 Å². The Morgan fingerprint density at radius 3 is 2.32 bits per heavy atom. The molecule has 0 radical (unpaired) electrons. The third-order valence-corrected chi connectivity index (χ3v) is 3.01. The quantitative estimate of drug-likeness (QED) is 0.378. The van der Waals surface area contributed by atoms with Crippen molar-refractivity contribution >= 4 is 46.9 Å². The van der Waals surface area contributed by atoms with Crippen LogP contribution in [0.3, 0.4) is 0 Å². The van der Waals surface area contributed by atoms with Gasteiger partial charge in [0.05, 0.1) is 20.5 Å². The number of nitrogens with one attached hydrogen (secondary N) is 2. The van der Waals surface area contributed by atoms with Gasteiger partial charge in [0.25, 0.3) is 11.6 Å². The molecule has 0 aliphatic carbocycles. The molecule has 0 spiro atoms. The summed E-state index contributed by atoms with van der Waals surface area (Å²) in [6.45, 7) is 0. The lowest BCUT2D eigenvalue weighted by molar-refractivity contribution is -0.385. The minimum atomic E-state index is -0.695. The maximum Gasteiger partial charge on any atom is 0.326 e. The van der Waals surface area contributed by atoms with Crippen molar-refractivity contribution in [3.63, 3.8) is 0 Å². The van der Waals surface area contributed by atoms with Gasteiger partial charge in [-0.25, -0.2) is 4.79 Å². The van der Waals surface area contributed by atoms with Gasteiger partial charge < -0.3 is 5.32 Å². The molecule has 1 saturated heterocycles. The molecule has 1 aromatic rings. The Balaban J connectivity index is 2.53. The van der Waals surface area contributed by atoms with Crippen LogP contribution >= 0.6 is 23.2 Å². The van der Waals surface area contributed by atoms with E-state index in [0.29, 0.717) is 0 Å². The Hall–Kier alpha value is -2.12. The molecular formula is C10H5Cl2N3O4. The number of carbonyl (C=O) groups excluding carboxylic acids is 2. The molecule has 1 aliphatic rings. The zero-order chi connectivity index (χ0) is 14.2. The summed E-state index contributed by atoms with van der Waals surface area (Å²) in [7, 11) is 0. The number of benzene rings is 1. The molecule has 0 saturated carbocycles. The van der Waals surface area contributed by atoms with Crippen LogP contribution in [0.5, 0.6) is 0 Å². The molecular weight excluding hydrogens is 297 g/mol. The molecule has 9 heteroatoms. The largest absolute Gasteiger partial charge is 0.326 e. The van der Waals surface area contributed by atoms with Crippen molar-refractivity contribution in [2.24, 2.45) is 0 Å². The van der Waals surface area contributed by atoms with Crippen LogP contribution in [-0.4, -0.2) is 16.9 Å². The highest BCUT2D eigenvalue weighted by Crippen LogP contribution is 2.31. The molecule has 1 fully saturated rings. The van der Waals surface area contributed by atoms with E-state index in [1.807, 2.05) is 5.32 Å². The zero-order valence-electron chi connectivity index (χ0n) is 9.07. The molecule has 1 heterocycles. The average Bonchev–Trinajstić information content (AvgIpc) is 2.62. The molecule has 2 rings (SSSR count). The number of halogens is 2. The van der Waals surface area contributed by atoms with Gasteiger partial charge in [0.2, 0.25) is 0 Å². The van der Waals surface area contributed by atoms with Crippen LogP contribution in [0.2, 0.25) is 10.0 Å². The van der Waals surface area contributed by atoms with Gasteiger partial charge in [-0.15, -0.1) is 0 Å². The van der Waals surface area contributed by atoms with Crippen molar-refractivity contribution in [1.29, 1.82) is 0 Å². The first kappa shape index (κ1) is 13.3. The van der Waals surface area contributed by atoms with E-state index in [9.17, 15) is 19.7 Å². The second kappa shape index (κ2) is 4.87. The lowest BCUT2D eigenvalue weighted by Crippen LogP contribution is -2.22. The Bertz CT molecular complexity index is 642. The van der Waals surface area contributed by atoms with E-state index in [1.54, 1.807) is 0 Å². The normalized spacial score (nSPS) is 16.4. The first-order chi connectivity index (χ1) is 8.88. The van der Waals surface area contributed by atoms with Crippen LogP contribution in [0.1, 0.15) is 5.56 Å². The molecule has 2 N–H and O–H groups in total. The number of carbonyl (C=O) groups is 2. The van der Waals surface area contributed by atoms with E-state index < -0.39 is 16.9 Å². The van der Waals surface area contributed by atoms with Crippen molar-refractivity contribution < 1.29 is 14.5 Å². The smallest absolute Gasteiger partial charge is 0.303 e. The summed E-state index contributed by atoms with van der Waals surface area (Å²) in [5, 5.41) is 15.2. The van der Waals surface area contributed by atoms with Gasteiger partial charge in [0.15, 0.2) is 0 Å². The molecule has 0 unspecified atom stereocenters. The van der Waals surface area contributed by atoms with Crippen LogP contribution < -0.4 is 10.6 Å². The molecule has 0 atom stereocenters. The fourth-order valence-corrected chi connectivity index (χ4v) is 1.79. The Labute approximate surface area is 116 Å². The third kappa shape index (κ3) is 2.67. The number of nitro groups is 1. The van der Waals surface area contributed by atoms with Crippen LogP contribution in [0, 0.1) is 10.1 Å². The highest BCUT2D eigenvalue weighted by atomic mass is 35.5. The van der Waals surface area contributed by atoms with E-state index in [-0.39, 0.29) is 27.0 Å². The van der Waals surface area contributed by atoms with E-state index >= 15 is 0 Å². The van der Waals surface area contributed by atoms with Crippen LogP contribution in [-0.2, 0) is 4.79 Å². The third-order valence-electron chi connectivity index (χ3n) is 2.29. The Morgan fingerprint density at radius 1 is 1.16 bits per heavy atom. The van der Waals surface area contributed by atoms with Crippen LogP contribution in [0.15, 0.2) is 17.8 Å². The summed E-state index contributed by atoms with van der Waals surface area (Å²) in [5.74, 6) is -0.676. The SMILES string of the molecule is O=C1NC(=O)C(=Cc2cc(Cl)c(Cl)cc2[N+](=O)[O-])N1. The van der Waals surface area contributed by atoms with Gasteiger partial charge in [-0.3, -0.25) is 20.2 Å². The first-order valence-corrected chi connectivity index (χ1v) is 5.61. The summed E-state index contributed by atoms with van der Waals surface area (Å²) in [4.78, 5) is 32.5. The van der Waals surface area contributed by atoms with Crippen molar-refractivity contribution in [3.05, 3.63) is 43.6 Å². The van der Waals surface area contributed by atoms with Crippen LogP contribution in [0.4, 0.5) is 10.5 Å². The summed E-state index contributed by atoms with van der Waals surface area (Å²) in [6.07, 6.45) is 1.15. The van der Waals surface area contributed by atoms with E-state index in [1.165, 1.54) is 6.07 Å². The number of nitrogens with zero attached hydrogens (tertiary/aromatic N) is 1. The van der Waals surface area contributed by atoms with E-state index in [2.05, 4.69) is 5.32 Å². The van der Waals surface area contributed by atoms with Crippen molar-refractivity contribution in [2.45, 2.75) is 0 Å². The number of amides is 3. The lowest BCUT2D eigenvalue weighted by Gasteiger charge is -2.02. The fraction of sp³-hybridized carbons (Fsp3) is 0. The van der Waals surface area contributed by atoms with Gasteiger partial charge in [-0.1, -0.05) is 23.2 Å². The number of nitro benzene ring substituents is 1. The van der Waals surface area contributed by atoms with Gasteiger partial charge in [0.1, 0.15) is 5.70 Å². The van der Waals surface area contributed by atoms with Gasteiger partial charge >= 0.3 is 6.03 Å². The van der Waals surface area contributed by atoms with Crippen molar-refractivity contribution in [3.8, 4) is 0 Å². The topological polar surface area (TPSA) is 101 Å². The first-order valence-electron chi connectivity index (χ1n) is 4.86. The van der Waals surface area contributed by atoms with Crippen molar-refractivity contribution in [1.82, 2.24) is 10.6 Å². The second-order valence-corrected chi connectivity index (χ2v) is 4.36. The number of imide groups is 1. The number of hydrogen-bond donors (Lipinski definition) is 2. The predicted molar refractivity (Wildman–Crippen MR) is 67.8 cm³/mol. The molecule has 0 bridgehead atoms. The molecule has 1 aromatic carbocycles. The second-order valence-electron chi connectivity index (χ2n) is 3.55. The minimum Gasteiger partial charge on any atom is -0.303 e. The molecule has 7 nitrogen and oxygen atoms in total. The van der Waals surface area contributed by atoms with Crippen LogP contribution in [0.25, 0.3) is 6.08 Å². The number of rotatable bonds is 2. The Kier molecular flexibility index (Phi) is 3.41. The highest BCUT2D eigenvalue weighted by molar-refractivity contribution is 6.42. The summed E-state index contributed by atoms with van der Waals surface area (Å²) >= 11 is 11.5.